The highest BCUT2D eigenvalue weighted by Gasteiger charge is 2.22. The van der Waals surface area contributed by atoms with Gasteiger partial charge in [-0.2, -0.15) is 0 Å². The van der Waals surface area contributed by atoms with Crippen LogP contribution in [0.2, 0.25) is 0 Å². The number of pyridine rings is 1. The number of anilines is 2. The molecule has 3 aromatic carbocycles. The third-order valence-electron chi connectivity index (χ3n) is 4.83. The first-order valence-corrected chi connectivity index (χ1v) is 9.55. The number of carboxylic acids is 1. The highest BCUT2D eigenvalue weighted by Crippen LogP contribution is 2.37. The molecule has 31 heavy (non-hydrogen) atoms. The van der Waals surface area contributed by atoms with Crippen LogP contribution in [-0.4, -0.2) is 16.1 Å². The normalized spacial score (nSPS) is 10.4. The van der Waals surface area contributed by atoms with E-state index < -0.39 is 5.97 Å². The lowest BCUT2D eigenvalue weighted by atomic mass is 9.92. The van der Waals surface area contributed by atoms with Crippen LogP contribution in [0.4, 0.5) is 15.9 Å². The van der Waals surface area contributed by atoms with Crippen molar-refractivity contribution in [2.45, 2.75) is 13.5 Å². The summed E-state index contributed by atoms with van der Waals surface area (Å²) < 4.78 is 12.3. The van der Waals surface area contributed by atoms with E-state index in [2.05, 4.69) is 4.98 Å². The predicted octanol–water partition coefficient (Wildman–Crippen LogP) is 4.36. The zero-order valence-corrected chi connectivity index (χ0v) is 17.0. The molecule has 4 rings (SSSR count). The second-order valence-corrected chi connectivity index (χ2v) is 6.94. The van der Waals surface area contributed by atoms with Gasteiger partial charge in [-0.15, -0.1) is 0 Å². The quantitative estimate of drug-likeness (QED) is 0.366. The van der Waals surface area contributed by atoms with E-state index in [1.807, 2.05) is 37.3 Å². The maximum atomic E-state index is 12.3. The third kappa shape index (κ3) is 4.62. The van der Waals surface area contributed by atoms with Gasteiger partial charge in [-0.3, -0.25) is 0 Å². The molecule has 1 aromatic heterocycles. The monoisotopic (exact) mass is 418 g/mol. The number of fused-ring (bicyclic) bond motifs is 1. The minimum atomic E-state index is -1.10. The molecule has 0 saturated heterocycles. The van der Waals surface area contributed by atoms with E-state index >= 15 is 0 Å². The van der Waals surface area contributed by atoms with Crippen molar-refractivity contribution in [1.82, 2.24) is 4.98 Å². The molecule has 0 unspecified atom stereocenters. The van der Waals surface area contributed by atoms with Gasteiger partial charge in [0.1, 0.15) is 17.2 Å². The summed E-state index contributed by atoms with van der Waals surface area (Å²) >= 11 is 0. The molecule has 1 heterocycles. The number of aromatic nitrogens is 1. The highest BCUT2D eigenvalue weighted by atomic mass is 19.1. The molecule has 0 atom stereocenters. The number of nitrogen functional groups attached to an aromatic ring is 2. The summed E-state index contributed by atoms with van der Waals surface area (Å²) in [5.41, 5.74) is 21.3. The van der Waals surface area contributed by atoms with Crippen LogP contribution in [0.25, 0.3) is 22.0 Å². The molecule has 6 nitrogen and oxygen atoms in total. The van der Waals surface area contributed by atoms with Crippen LogP contribution in [0.3, 0.4) is 0 Å². The summed E-state index contributed by atoms with van der Waals surface area (Å²) in [6, 6.07) is 19.2. The van der Waals surface area contributed by atoms with Crippen LogP contribution in [-0.2, 0) is 6.54 Å². The molecule has 0 radical (unpaired) electrons. The van der Waals surface area contributed by atoms with E-state index in [9.17, 15) is 14.3 Å². The Morgan fingerprint density at radius 1 is 1.03 bits per heavy atom. The molecule has 0 aliphatic heterocycles. The fraction of sp³-hybridized carbons (Fsp3) is 0.0833. The lowest BCUT2D eigenvalue weighted by Crippen LogP contribution is -2.09. The van der Waals surface area contributed by atoms with Gasteiger partial charge < -0.3 is 22.3 Å². The fourth-order valence-electron chi connectivity index (χ4n) is 3.34. The standard InChI is InChI=1S/C17H15N3O2.C7H8FN/c1-9-5-2-3-6-10(9)13-11-7-4-8-12(18)15(11)20-16(19)14(13)17(21)22;8-7-3-1-2-6(4-7)5-9/h2-8H,18H2,1H3,(H2,19,20)(H,21,22);1-4H,5,9H2. The Bertz CT molecular complexity index is 1260. The first-order valence-electron chi connectivity index (χ1n) is 9.55. The lowest BCUT2D eigenvalue weighted by molar-refractivity contribution is 0.0698. The van der Waals surface area contributed by atoms with Gasteiger partial charge in [0, 0.05) is 17.5 Å². The van der Waals surface area contributed by atoms with Crippen molar-refractivity contribution in [1.29, 1.82) is 0 Å². The number of aromatic carboxylic acids is 1. The van der Waals surface area contributed by atoms with E-state index in [0.29, 0.717) is 28.7 Å². The molecule has 0 spiro atoms. The third-order valence-corrected chi connectivity index (χ3v) is 4.83. The van der Waals surface area contributed by atoms with Crippen molar-refractivity contribution in [3.05, 3.63) is 89.2 Å². The minimum Gasteiger partial charge on any atom is -0.478 e. The Kier molecular flexibility index (Phi) is 6.47. The van der Waals surface area contributed by atoms with Crippen LogP contribution < -0.4 is 17.2 Å². The van der Waals surface area contributed by atoms with Gasteiger partial charge in [-0.05, 0) is 41.8 Å². The summed E-state index contributed by atoms with van der Waals surface area (Å²) in [5.74, 6) is -1.36. The molecule has 0 fully saturated rings. The van der Waals surface area contributed by atoms with Gasteiger partial charge in [0.25, 0.3) is 0 Å². The molecular formula is C24H23FN4O2. The van der Waals surface area contributed by atoms with Crippen molar-refractivity contribution in [2.24, 2.45) is 5.73 Å². The Labute approximate surface area is 179 Å². The summed E-state index contributed by atoms with van der Waals surface area (Å²) in [4.78, 5) is 15.9. The Hall–Kier alpha value is -3.97. The molecule has 0 aliphatic rings. The number of benzene rings is 3. The minimum absolute atomic E-state index is 0.00685. The van der Waals surface area contributed by atoms with Crippen molar-refractivity contribution < 1.29 is 14.3 Å². The molecule has 0 saturated carbocycles. The van der Waals surface area contributed by atoms with Crippen molar-refractivity contribution in [3.63, 3.8) is 0 Å². The van der Waals surface area contributed by atoms with Crippen molar-refractivity contribution in [3.8, 4) is 11.1 Å². The van der Waals surface area contributed by atoms with Crippen LogP contribution in [0.1, 0.15) is 21.5 Å². The van der Waals surface area contributed by atoms with E-state index in [-0.39, 0.29) is 17.2 Å². The topological polar surface area (TPSA) is 128 Å². The highest BCUT2D eigenvalue weighted by molar-refractivity contribution is 6.12. The Balaban J connectivity index is 0.000000254. The number of carboxylic acid groups (broad SMARTS) is 1. The molecule has 0 aliphatic carbocycles. The maximum Gasteiger partial charge on any atom is 0.340 e. The number of aryl methyl sites for hydroxylation is 1. The van der Waals surface area contributed by atoms with Crippen LogP contribution in [0.5, 0.6) is 0 Å². The van der Waals surface area contributed by atoms with Gasteiger partial charge in [0.15, 0.2) is 0 Å². The first kappa shape index (κ1) is 21.7. The molecular weight excluding hydrogens is 395 g/mol. The van der Waals surface area contributed by atoms with E-state index in [4.69, 9.17) is 17.2 Å². The molecule has 0 bridgehead atoms. The van der Waals surface area contributed by atoms with Gasteiger partial charge in [-0.1, -0.05) is 48.5 Å². The predicted molar refractivity (Wildman–Crippen MR) is 122 cm³/mol. The summed E-state index contributed by atoms with van der Waals surface area (Å²) in [6.45, 7) is 2.33. The summed E-state index contributed by atoms with van der Waals surface area (Å²) in [5, 5.41) is 10.3. The largest absolute Gasteiger partial charge is 0.478 e. The van der Waals surface area contributed by atoms with Gasteiger partial charge in [0.05, 0.1) is 11.2 Å². The van der Waals surface area contributed by atoms with Crippen LogP contribution in [0.15, 0.2) is 66.7 Å². The number of rotatable bonds is 3. The molecule has 158 valence electrons. The first-order chi connectivity index (χ1) is 14.8. The van der Waals surface area contributed by atoms with E-state index in [1.165, 1.54) is 12.1 Å². The van der Waals surface area contributed by atoms with Gasteiger partial charge >= 0.3 is 5.97 Å². The number of hydrogen-bond donors (Lipinski definition) is 4. The molecule has 7 heteroatoms. The fourth-order valence-corrected chi connectivity index (χ4v) is 3.34. The van der Waals surface area contributed by atoms with Gasteiger partial charge in [0.2, 0.25) is 0 Å². The Morgan fingerprint density at radius 3 is 2.35 bits per heavy atom. The van der Waals surface area contributed by atoms with Crippen molar-refractivity contribution in [2.75, 3.05) is 11.5 Å². The summed E-state index contributed by atoms with van der Waals surface area (Å²) in [6.07, 6.45) is 0. The average molecular weight is 418 g/mol. The number of halogens is 1. The second kappa shape index (κ2) is 9.23. The molecule has 4 aromatic rings. The average Bonchev–Trinajstić information content (AvgIpc) is 2.74. The number of nitrogens with two attached hydrogens (primary N) is 3. The van der Waals surface area contributed by atoms with Crippen LogP contribution in [0, 0.1) is 12.7 Å². The zero-order chi connectivity index (χ0) is 22.5. The van der Waals surface area contributed by atoms with Crippen LogP contribution >= 0.6 is 0 Å². The molecule has 7 N–H and O–H groups in total. The lowest BCUT2D eigenvalue weighted by Gasteiger charge is -2.15. The number of nitrogens with zero attached hydrogens (tertiary/aromatic N) is 1. The molecule has 0 amide bonds. The SMILES string of the molecule is Cc1ccccc1-c1c(C(=O)O)c(N)nc2c(N)cccc12.NCc1cccc(F)c1. The van der Waals surface area contributed by atoms with Gasteiger partial charge in [-0.25, -0.2) is 14.2 Å². The maximum absolute atomic E-state index is 12.3. The smallest absolute Gasteiger partial charge is 0.340 e. The second-order valence-electron chi connectivity index (χ2n) is 6.94. The van der Waals surface area contributed by atoms with E-state index in [1.54, 1.807) is 24.3 Å². The number of hydrogen-bond acceptors (Lipinski definition) is 5. The van der Waals surface area contributed by atoms with Crippen molar-refractivity contribution >= 4 is 28.4 Å². The van der Waals surface area contributed by atoms with E-state index in [0.717, 1.165) is 16.7 Å². The Morgan fingerprint density at radius 2 is 1.74 bits per heavy atom. The zero-order valence-electron chi connectivity index (χ0n) is 17.0. The number of para-hydroxylation sites is 1. The number of carbonyl (C=O) groups is 1. The summed E-state index contributed by atoms with van der Waals surface area (Å²) in [7, 11) is 0.